The van der Waals surface area contributed by atoms with Gasteiger partial charge in [0.1, 0.15) is 5.75 Å². The third-order valence-electron chi connectivity index (χ3n) is 3.71. The van der Waals surface area contributed by atoms with Crippen LogP contribution in [-0.2, 0) is 6.42 Å². The molecule has 3 nitrogen and oxygen atoms in total. The molecule has 18 heavy (non-hydrogen) atoms. The van der Waals surface area contributed by atoms with Crippen molar-refractivity contribution >= 4 is 0 Å². The fraction of sp³-hybridized carbons (Fsp3) is 0.600. The minimum Gasteiger partial charge on any atom is -0.497 e. The zero-order chi connectivity index (χ0) is 13.0. The van der Waals surface area contributed by atoms with E-state index in [0.29, 0.717) is 12.1 Å². The molecule has 2 atom stereocenters. The Labute approximate surface area is 109 Å². The molecule has 1 aliphatic rings. The van der Waals surface area contributed by atoms with Crippen LogP contribution in [0.1, 0.15) is 43.4 Å². The van der Waals surface area contributed by atoms with Crippen LogP contribution >= 0.6 is 0 Å². The van der Waals surface area contributed by atoms with E-state index in [1.54, 1.807) is 7.11 Å². The van der Waals surface area contributed by atoms with Gasteiger partial charge in [-0.15, -0.1) is 0 Å². The Morgan fingerprint density at radius 2 is 2.33 bits per heavy atom. The molecule has 0 radical (unpaired) electrons. The molecule has 2 unspecified atom stereocenters. The molecule has 100 valence electrons. The van der Waals surface area contributed by atoms with E-state index in [-0.39, 0.29) is 6.61 Å². The highest BCUT2D eigenvalue weighted by molar-refractivity contribution is 5.39. The number of ether oxygens (including phenoxy) is 1. The zero-order valence-electron chi connectivity index (χ0n) is 11.3. The molecular formula is C15H23NO2. The maximum atomic E-state index is 8.97. The number of rotatable bonds is 5. The standard InChI is InChI=1S/C15H23NO2/c1-11(8-9-17)16-15-5-3-4-12-10-13(18-2)6-7-14(12)15/h6-7,10-11,15-17H,3-5,8-9H2,1-2H3. The van der Waals surface area contributed by atoms with Crippen LogP contribution in [-0.4, -0.2) is 24.9 Å². The molecule has 0 amide bonds. The molecule has 0 fully saturated rings. The highest BCUT2D eigenvalue weighted by Gasteiger charge is 2.21. The third kappa shape index (κ3) is 3.03. The topological polar surface area (TPSA) is 41.5 Å². The number of hydrogen-bond acceptors (Lipinski definition) is 3. The summed E-state index contributed by atoms with van der Waals surface area (Å²) in [7, 11) is 1.71. The van der Waals surface area contributed by atoms with E-state index in [9.17, 15) is 0 Å². The molecule has 0 aromatic heterocycles. The van der Waals surface area contributed by atoms with Crippen molar-refractivity contribution in [2.45, 2.75) is 44.7 Å². The summed E-state index contributed by atoms with van der Waals surface area (Å²) in [5.74, 6) is 0.942. The summed E-state index contributed by atoms with van der Waals surface area (Å²) in [4.78, 5) is 0. The van der Waals surface area contributed by atoms with Crippen molar-refractivity contribution in [3.05, 3.63) is 29.3 Å². The average molecular weight is 249 g/mol. The molecule has 0 heterocycles. The number of fused-ring (bicyclic) bond motifs is 1. The van der Waals surface area contributed by atoms with Crippen molar-refractivity contribution in [2.75, 3.05) is 13.7 Å². The monoisotopic (exact) mass is 249 g/mol. The molecule has 0 saturated heterocycles. The van der Waals surface area contributed by atoms with E-state index < -0.39 is 0 Å². The van der Waals surface area contributed by atoms with Gasteiger partial charge in [0, 0.05) is 18.7 Å². The fourth-order valence-corrected chi connectivity index (χ4v) is 2.71. The van der Waals surface area contributed by atoms with E-state index in [1.807, 2.05) is 6.07 Å². The minimum absolute atomic E-state index is 0.246. The van der Waals surface area contributed by atoms with Crippen molar-refractivity contribution in [1.29, 1.82) is 0 Å². The van der Waals surface area contributed by atoms with Gasteiger partial charge in [-0.2, -0.15) is 0 Å². The van der Waals surface area contributed by atoms with Crippen molar-refractivity contribution in [2.24, 2.45) is 0 Å². The smallest absolute Gasteiger partial charge is 0.119 e. The summed E-state index contributed by atoms with van der Waals surface area (Å²) in [6.45, 7) is 2.38. The quantitative estimate of drug-likeness (QED) is 0.842. The Bertz CT molecular complexity index is 392. The lowest BCUT2D eigenvalue weighted by Gasteiger charge is -2.29. The fourth-order valence-electron chi connectivity index (χ4n) is 2.71. The van der Waals surface area contributed by atoms with Gasteiger partial charge in [0.05, 0.1) is 7.11 Å². The Balaban J connectivity index is 2.12. The number of aliphatic hydroxyl groups excluding tert-OH is 1. The molecule has 1 aromatic rings. The maximum Gasteiger partial charge on any atom is 0.119 e. The molecule has 2 N–H and O–H groups in total. The van der Waals surface area contributed by atoms with E-state index in [2.05, 4.69) is 24.4 Å². The van der Waals surface area contributed by atoms with Crippen LogP contribution in [0.5, 0.6) is 5.75 Å². The van der Waals surface area contributed by atoms with Gasteiger partial charge in [-0.05, 0) is 55.9 Å². The SMILES string of the molecule is COc1ccc2c(c1)CCCC2NC(C)CCO. The number of nitrogens with one attached hydrogen (secondary N) is 1. The Kier molecular flexibility index (Phi) is 4.61. The lowest BCUT2D eigenvalue weighted by atomic mass is 9.87. The van der Waals surface area contributed by atoms with Crippen LogP contribution in [0.3, 0.4) is 0 Å². The van der Waals surface area contributed by atoms with Crippen molar-refractivity contribution in [1.82, 2.24) is 5.32 Å². The molecular weight excluding hydrogens is 226 g/mol. The zero-order valence-corrected chi connectivity index (χ0v) is 11.3. The number of methoxy groups -OCH3 is 1. The Morgan fingerprint density at radius 1 is 1.50 bits per heavy atom. The predicted molar refractivity (Wildman–Crippen MR) is 73.0 cm³/mol. The number of benzene rings is 1. The van der Waals surface area contributed by atoms with Crippen LogP contribution in [0.4, 0.5) is 0 Å². The molecule has 3 heteroatoms. The third-order valence-corrected chi connectivity index (χ3v) is 3.71. The Hall–Kier alpha value is -1.06. The van der Waals surface area contributed by atoms with E-state index >= 15 is 0 Å². The first-order valence-electron chi connectivity index (χ1n) is 6.78. The van der Waals surface area contributed by atoms with Gasteiger partial charge in [-0.3, -0.25) is 0 Å². The molecule has 0 saturated carbocycles. The number of hydrogen-bond donors (Lipinski definition) is 2. The first kappa shape index (κ1) is 13.4. The van der Waals surface area contributed by atoms with Gasteiger partial charge in [-0.1, -0.05) is 6.07 Å². The van der Waals surface area contributed by atoms with Crippen molar-refractivity contribution in [3.63, 3.8) is 0 Å². The lowest BCUT2D eigenvalue weighted by Crippen LogP contribution is -2.33. The summed E-state index contributed by atoms with van der Waals surface area (Å²) < 4.78 is 5.28. The van der Waals surface area contributed by atoms with Gasteiger partial charge in [0.25, 0.3) is 0 Å². The molecule has 1 aromatic carbocycles. The highest BCUT2D eigenvalue weighted by Crippen LogP contribution is 2.32. The molecule has 2 rings (SSSR count). The first-order chi connectivity index (χ1) is 8.74. The molecule has 0 spiro atoms. The minimum atomic E-state index is 0.246. The van der Waals surface area contributed by atoms with Crippen LogP contribution < -0.4 is 10.1 Å². The second-order valence-electron chi connectivity index (χ2n) is 5.09. The van der Waals surface area contributed by atoms with E-state index in [4.69, 9.17) is 9.84 Å². The number of aryl methyl sites for hydroxylation is 1. The first-order valence-corrected chi connectivity index (χ1v) is 6.78. The van der Waals surface area contributed by atoms with Crippen LogP contribution in [0.2, 0.25) is 0 Å². The van der Waals surface area contributed by atoms with Gasteiger partial charge in [0.2, 0.25) is 0 Å². The van der Waals surface area contributed by atoms with Crippen molar-refractivity contribution < 1.29 is 9.84 Å². The van der Waals surface area contributed by atoms with Crippen molar-refractivity contribution in [3.8, 4) is 5.75 Å². The lowest BCUT2D eigenvalue weighted by molar-refractivity contribution is 0.260. The van der Waals surface area contributed by atoms with Crippen LogP contribution in [0.25, 0.3) is 0 Å². The van der Waals surface area contributed by atoms with Gasteiger partial charge >= 0.3 is 0 Å². The van der Waals surface area contributed by atoms with Gasteiger partial charge in [0.15, 0.2) is 0 Å². The second-order valence-corrected chi connectivity index (χ2v) is 5.09. The number of aliphatic hydroxyl groups is 1. The average Bonchev–Trinajstić information content (AvgIpc) is 2.38. The summed E-state index contributed by atoms with van der Waals surface area (Å²) in [5.41, 5.74) is 2.79. The predicted octanol–water partition coefficient (Wildman–Crippen LogP) is 2.43. The summed E-state index contributed by atoms with van der Waals surface area (Å²) in [5, 5.41) is 12.6. The summed E-state index contributed by atoms with van der Waals surface area (Å²) in [6.07, 6.45) is 4.33. The van der Waals surface area contributed by atoms with Crippen LogP contribution in [0.15, 0.2) is 18.2 Å². The highest BCUT2D eigenvalue weighted by atomic mass is 16.5. The second kappa shape index (κ2) is 6.21. The molecule has 0 aliphatic heterocycles. The van der Waals surface area contributed by atoms with E-state index in [0.717, 1.165) is 18.6 Å². The maximum absolute atomic E-state index is 8.97. The largest absolute Gasteiger partial charge is 0.497 e. The van der Waals surface area contributed by atoms with Gasteiger partial charge < -0.3 is 15.2 Å². The summed E-state index contributed by atoms with van der Waals surface area (Å²) in [6, 6.07) is 7.14. The van der Waals surface area contributed by atoms with Gasteiger partial charge in [-0.25, -0.2) is 0 Å². The molecule has 0 bridgehead atoms. The summed E-state index contributed by atoms with van der Waals surface area (Å²) >= 11 is 0. The normalized spacial score (nSPS) is 20.3. The van der Waals surface area contributed by atoms with Crippen LogP contribution in [0, 0.1) is 0 Å². The Morgan fingerprint density at radius 3 is 3.06 bits per heavy atom. The van der Waals surface area contributed by atoms with E-state index in [1.165, 1.54) is 24.0 Å². The molecule has 1 aliphatic carbocycles.